The van der Waals surface area contributed by atoms with Crippen LogP contribution in [0.4, 0.5) is 0 Å². The molecule has 1 saturated carbocycles. The highest BCUT2D eigenvalue weighted by atomic mass is 16.5. The van der Waals surface area contributed by atoms with Crippen molar-refractivity contribution in [2.24, 2.45) is 17.3 Å². The minimum absolute atomic E-state index is 0.0137. The Morgan fingerprint density at radius 3 is 2.82 bits per heavy atom. The zero-order chi connectivity index (χ0) is 19.7. The van der Waals surface area contributed by atoms with Gasteiger partial charge < -0.3 is 4.74 Å². The summed E-state index contributed by atoms with van der Waals surface area (Å²) in [4.78, 5) is 24.2. The van der Waals surface area contributed by atoms with E-state index in [-0.39, 0.29) is 23.3 Å². The summed E-state index contributed by atoms with van der Waals surface area (Å²) in [6, 6.07) is 0. The molecule has 28 heavy (non-hydrogen) atoms. The summed E-state index contributed by atoms with van der Waals surface area (Å²) >= 11 is 0. The van der Waals surface area contributed by atoms with Gasteiger partial charge in [-0.3, -0.25) is 9.59 Å². The second-order valence-corrected chi connectivity index (χ2v) is 9.39. The zero-order valence-electron chi connectivity index (χ0n) is 17.5. The first-order valence-electron chi connectivity index (χ1n) is 11.4. The summed E-state index contributed by atoms with van der Waals surface area (Å²) in [6.07, 6.45) is 17.4. The highest BCUT2D eigenvalue weighted by Gasteiger charge is 2.53. The quantitative estimate of drug-likeness (QED) is 0.427. The number of rotatable bonds is 6. The van der Waals surface area contributed by atoms with Crippen molar-refractivity contribution in [2.75, 3.05) is 0 Å². The number of ether oxygens (including phenoxy) is 1. The van der Waals surface area contributed by atoms with E-state index in [1.165, 1.54) is 29.6 Å². The van der Waals surface area contributed by atoms with Crippen LogP contribution in [0.3, 0.4) is 0 Å². The van der Waals surface area contributed by atoms with Crippen LogP contribution in [0.1, 0.15) is 84.5 Å². The van der Waals surface area contributed by atoms with Gasteiger partial charge in [-0.2, -0.15) is 0 Å². The second-order valence-electron chi connectivity index (χ2n) is 9.39. The number of fused-ring (bicyclic) bond motifs is 4. The van der Waals surface area contributed by atoms with Crippen LogP contribution in [0.2, 0.25) is 0 Å². The van der Waals surface area contributed by atoms with Crippen molar-refractivity contribution in [1.29, 1.82) is 0 Å². The number of hydrogen-bond acceptors (Lipinski definition) is 3. The van der Waals surface area contributed by atoms with Crippen molar-refractivity contribution in [3.8, 4) is 0 Å². The van der Waals surface area contributed by atoms with Crippen LogP contribution in [0.15, 0.2) is 34.9 Å². The molecular weight excluding hydrogens is 348 g/mol. The third kappa shape index (κ3) is 3.53. The first-order chi connectivity index (χ1) is 13.5. The smallest absolute Gasteiger partial charge is 0.306 e. The molecule has 0 heterocycles. The largest absolute Gasteiger partial charge is 0.461 e. The fourth-order valence-corrected chi connectivity index (χ4v) is 6.07. The van der Waals surface area contributed by atoms with Gasteiger partial charge in [0, 0.05) is 18.3 Å². The van der Waals surface area contributed by atoms with E-state index in [4.69, 9.17) is 4.74 Å². The summed E-state index contributed by atoms with van der Waals surface area (Å²) in [5, 5.41) is 0. The van der Waals surface area contributed by atoms with E-state index in [2.05, 4.69) is 26.0 Å². The molecule has 152 valence electrons. The van der Waals surface area contributed by atoms with E-state index >= 15 is 0 Å². The molecule has 0 aliphatic heterocycles. The SMILES string of the molecule is CCCCCCC(=O)OC1CCC2C3CCC4=CC(=O)CCC4=C3C=CC12C. The van der Waals surface area contributed by atoms with Crippen molar-refractivity contribution < 1.29 is 14.3 Å². The van der Waals surface area contributed by atoms with Crippen LogP contribution in [0.25, 0.3) is 0 Å². The lowest BCUT2D eigenvalue weighted by Crippen LogP contribution is -2.40. The number of allylic oxidation sites excluding steroid dienone is 5. The topological polar surface area (TPSA) is 43.4 Å². The Bertz CT molecular complexity index is 741. The molecule has 0 aromatic heterocycles. The van der Waals surface area contributed by atoms with Gasteiger partial charge >= 0.3 is 5.97 Å². The van der Waals surface area contributed by atoms with Crippen molar-refractivity contribution >= 4 is 11.8 Å². The Labute approximate surface area is 169 Å². The van der Waals surface area contributed by atoms with Crippen molar-refractivity contribution in [3.05, 3.63) is 34.9 Å². The maximum absolute atomic E-state index is 12.4. The standard InChI is InChI=1S/C25H34O3/c1-3-4-5-6-7-24(27)28-23-13-12-22-21-10-8-17-16-18(26)9-11-19(17)20(21)14-15-25(22,23)2/h14-16,21-23H,3-13H2,1-2H3. The monoisotopic (exact) mass is 382 g/mol. The molecule has 0 amide bonds. The average Bonchev–Trinajstić information content (AvgIpc) is 3.01. The predicted octanol–water partition coefficient (Wildman–Crippen LogP) is 5.85. The van der Waals surface area contributed by atoms with Crippen LogP contribution in [-0.2, 0) is 14.3 Å². The van der Waals surface area contributed by atoms with Crippen LogP contribution < -0.4 is 0 Å². The lowest BCUT2D eigenvalue weighted by atomic mass is 9.60. The first kappa shape index (κ1) is 19.7. The zero-order valence-corrected chi connectivity index (χ0v) is 17.5. The van der Waals surface area contributed by atoms with E-state index in [1.807, 2.05) is 6.08 Å². The van der Waals surface area contributed by atoms with Crippen LogP contribution >= 0.6 is 0 Å². The van der Waals surface area contributed by atoms with E-state index in [0.717, 1.165) is 44.9 Å². The molecule has 4 rings (SSSR count). The van der Waals surface area contributed by atoms with Gasteiger partial charge in [-0.1, -0.05) is 45.3 Å². The Morgan fingerprint density at radius 2 is 2.00 bits per heavy atom. The molecule has 0 bridgehead atoms. The minimum Gasteiger partial charge on any atom is -0.461 e. The highest BCUT2D eigenvalue weighted by Crippen LogP contribution is 2.57. The van der Waals surface area contributed by atoms with Gasteiger partial charge in [0.2, 0.25) is 0 Å². The Kier molecular flexibility index (Phi) is 5.62. The van der Waals surface area contributed by atoms with Gasteiger partial charge in [0.1, 0.15) is 6.10 Å². The van der Waals surface area contributed by atoms with Crippen molar-refractivity contribution in [1.82, 2.24) is 0 Å². The molecule has 0 saturated heterocycles. The third-order valence-corrected chi connectivity index (χ3v) is 7.67. The lowest BCUT2D eigenvalue weighted by molar-refractivity contribution is -0.153. The summed E-state index contributed by atoms with van der Waals surface area (Å²) in [5.74, 6) is 1.38. The summed E-state index contributed by atoms with van der Waals surface area (Å²) in [6.45, 7) is 4.49. The fourth-order valence-electron chi connectivity index (χ4n) is 6.07. The molecule has 3 nitrogen and oxygen atoms in total. The Hall–Kier alpha value is -1.64. The van der Waals surface area contributed by atoms with Crippen LogP contribution in [-0.4, -0.2) is 17.9 Å². The average molecular weight is 383 g/mol. The molecule has 0 aromatic carbocycles. The molecule has 4 aliphatic carbocycles. The van der Waals surface area contributed by atoms with Gasteiger partial charge in [0.15, 0.2) is 5.78 Å². The molecule has 0 radical (unpaired) electrons. The summed E-state index contributed by atoms with van der Waals surface area (Å²) in [7, 11) is 0. The lowest BCUT2D eigenvalue weighted by Gasteiger charge is -2.45. The number of carbonyl (C=O) groups excluding carboxylic acids is 2. The normalized spacial score (nSPS) is 33.9. The number of hydrogen-bond donors (Lipinski definition) is 0. The molecule has 0 aromatic rings. The predicted molar refractivity (Wildman–Crippen MR) is 111 cm³/mol. The maximum atomic E-state index is 12.4. The second kappa shape index (κ2) is 8.00. The molecule has 4 atom stereocenters. The van der Waals surface area contributed by atoms with Gasteiger partial charge in [-0.05, 0) is 73.2 Å². The van der Waals surface area contributed by atoms with E-state index < -0.39 is 0 Å². The fraction of sp³-hybridized carbons (Fsp3) is 0.680. The molecular formula is C25H34O3. The van der Waals surface area contributed by atoms with Gasteiger partial charge in [0.05, 0.1) is 0 Å². The Morgan fingerprint density at radius 1 is 1.14 bits per heavy atom. The number of unbranched alkanes of at least 4 members (excludes halogenated alkanes) is 3. The van der Waals surface area contributed by atoms with E-state index in [9.17, 15) is 9.59 Å². The van der Waals surface area contributed by atoms with Gasteiger partial charge in [-0.25, -0.2) is 0 Å². The van der Waals surface area contributed by atoms with Crippen molar-refractivity contribution in [3.63, 3.8) is 0 Å². The molecule has 1 fully saturated rings. The highest BCUT2D eigenvalue weighted by molar-refractivity contribution is 5.93. The third-order valence-electron chi connectivity index (χ3n) is 7.67. The minimum atomic E-state index is -0.0422. The van der Waals surface area contributed by atoms with Crippen molar-refractivity contribution in [2.45, 2.75) is 90.6 Å². The number of esters is 1. The van der Waals surface area contributed by atoms with E-state index in [0.29, 0.717) is 24.7 Å². The molecule has 0 N–H and O–H groups in total. The van der Waals surface area contributed by atoms with Gasteiger partial charge in [0.25, 0.3) is 0 Å². The molecule has 4 unspecified atom stereocenters. The maximum Gasteiger partial charge on any atom is 0.306 e. The van der Waals surface area contributed by atoms with Crippen LogP contribution in [0.5, 0.6) is 0 Å². The molecule has 3 heteroatoms. The van der Waals surface area contributed by atoms with Crippen LogP contribution in [0, 0.1) is 17.3 Å². The Balaban J connectivity index is 1.49. The molecule has 0 spiro atoms. The number of ketones is 1. The van der Waals surface area contributed by atoms with Gasteiger partial charge in [-0.15, -0.1) is 0 Å². The summed E-state index contributed by atoms with van der Waals surface area (Å²) in [5.41, 5.74) is 4.15. The molecule has 4 aliphatic rings. The first-order valence-corrected chi connectivity index (χ1v) is 11.4. The van der Waals surface area contributed by atoms with E-state index in [1.54, 1.807) is 0 Å². The summed E-state index contributed by atoms with van der Waals surface area (Å²) < 4.78 is 6.00. The number of carbonyl (C=O) groups is 2.